The topological polar surface area (TPSA) is 64.6 Å². The van der Waals surface area contributed by atoms with Gasteiger partial charge in [-0.1, -0.05) is 43.7 Å². The Kier molecular flexibility index (Phi) is 8.05. The Balaban J connectivity index is 1.60. The van der Waals surface area contributed by atoms with Crippen molar-refractivity contribution < 1.29 is 9.90 Å². The molecule has 1 aliphatic heterocycles. The molecule has 1 aromatic carbocycles. The minimum atomic E-state index is -0.561. The normalized spacial score (nSPS) is 17.4. The first-order valence-corrected chi connectivity index (χ1v) is 9.16. The molecular weight excluding hydrogens is 302 g/mol. The third-order valence-electron chi connectivity index (χ3n) is 4.56. The molecule has 1 aliphatic rings. The molecule has 0 saturated carbocycles. The lowest BCUT2D eigenvalue weighted by Gasteiger charge is -2.32. The summed E-state index contributed by atoms with van der Waals surface area (Å²) in [6.45, 7) is 5.77. The van der Waals surface area contributed by atoms with E-state index < -0.39 is 6.10 Å². The van der Waals surface area contributed by atoms with Crippen molar-refractivity contribution in [1.82, 2.24) is 15.5 Å². The van der Waals surface area contributed by atoms with Gasteiger partial charge in [0, 0.05) is 32.1 Å². The lowest BCUT2D eigenvalue weighted by Crippen LogP contribution is -2.49. The predicted octanol–water partition coefficient (Wildman–Crippen LogP) is 2.15. The van der Waals surface area contributed by atoms with Gasteiger partial charge in [0.15, 0.2) is 0 Å². The van der Waals surface area contributed by atoms with Crippen LogP contribution in [0.2, 0.25) is 0 Å². The lowest BCUT2D eigenvalue weighted by molar-refractivity contribution is 0.166. The highest BCUT2D eigenvalue weighted by Gasteiger charge is 2.20. The number of aliphatic hydroxyl groups excluding tert-OH is 1. The van der Waals surface area contributed by atoms with Crippen LogP contribution in [-0.4, -0.2) is 54.4 Å². The molecule has 1 heterocycles. The first kappa shape index (κ1) is 18.7. The van der Waals surface area contributed by atoms with Gasteiger partial charge < -0.3 is 20.6 Å². The Morgan fingerprint density at radius 3 is 2.67 bits per heavy atom. The number of piperidine rings is 1. The molecule has 0 radical (unpaired) electrons. The van der Waals surface area contributed by atoms with E-state index in [0.717, 1.165) is 31.5 Å². The largest absolute Gasteiger partial charge is 0.391 e. The van der Waals surface area contributed by atoms with Gasteiger partial charge in [0.1, 0.15) is 0 Å². The van der Waals surface area contributed by atoms with Gasteiger partial charge in [-0.25, -0.2) is 4.79 Å². The van der Waals surface area contributed by atoms with Crippen molar-refractivity contribution in [3.63, 3.8) is 0 Å². The second-order valence-corrected chi connectivity index (χ2v) is 6.67. The molecule has 1 atom stereocenters. The highest BCUT2D eigenvalue weighted by atomic mass is 16.3. The molecule has 24 heavy (non-hydrogen) atoms. The Bertz CT molecular complexity index is 473. The SMILES string of the molecule is CCCCN1CCC(NC(=O)NCC(O)Cc2ccccc2)CC1. The van der Waals surface area contributed by atoms with E-state index in [4.69, 9.17) is 0 Å². The van der Waals surface area contributed by atoms with Crippen molar-refractivity contribution in [2.75, 3.05) is 26.2 Å². The summed E-state index contributed by atoms with van der Waals surface area (Å²) >= 11 is 0. The molecular formula is C19H31N3O2. The number of aliphatic hydroxyl groups is 1. The van der Waals surface area contributed by atoms with E-state index in [1.54, 1.807) is 0 Å². The van der Waals surface area contributed by atoms with Crippen molar-refractivity contribution in [3.05, 3.63) is 35.9 Å². The first-order chi connectivity index (χ1) is 11.7. The van der Waals surface area contributed by atoms with E-state index in [1.165, 1.54) is 19.4 Å². The average Bonchev–Trinajstić information content (AvgIpc) is 2.60. The van der Waals surface area contributed by atoms with Crippen LogP contribution in [0.1, 0.15) is 38.2 Å². The molecule has 0 spiro atoms. The Labute approximate surface area is 145 Å². The number of urea groups is 1. The maximum Gasteiger partial charge on any atom is 0.315 e. The zero-order valence-corrected chi connectivity index (χ0v) is 14.7. The third kappa shape index (κ3) is 6.89. The van der Waals surface area contributed by atoms with E-state index in [2.05, 4.69) is 22.5 Å². The molecule has 1 saturated heterocycles. The quantitative estimate of drug-likeness (QED) is 0.683. The summed E-state index contributed by atoms with van der Waals surface area (Å²) < 4.78 is 0. The summed E-state index contributed by atoms with van der Waals surface area (Å²) in [5.74, 6) is 0. The van der Waals surface area contributed by atoms with Crippen molar-refractivity contribution in [3.8, 4) is 0 Å². The summed E-state index contributed by atoms with van der Waals surface area (Å²) in [7, 11) is 0. The van der Waals surface area contributed by atoms with Crippen LogP contribution in [0.3, 0.4) is 0 Å². The smallest absolute Gasteiger partial charge is 0.315 e. The molecule has 1 fully saturated rings. The van der Waals surface area contributed by atoms with E-state index in [0.29, 0.717) is 6.42 Å². The standard InChI is InChI=1S/C19H31N3O2/c1-2-3-11-22-12-9-17(10-13-22)21-19(24)20-15-18(23)14-16-7-5-4-6-8-16/h4-8,17-18,23H,2-3,9-15H2,1H3,(H2,20,21,24). The number of carbonyl (C=O) groups excluding carboxylic acids is 1. The first-order valence-electron chi connectivity index (χ1n) is 9.16. The third-order valence-corrected chi connectivity index (χ3v) is 4.56. The fourth-order valence-corrected chi connectivity index (χ4v) is 3.09. The molecule has 3 N–H and O–H groups in total. The molecule has 2 amide bonds. The molecule has 0 aromatic heterocycles. The van der Waals surface area contributed by atoms with E-state index in [-0.39, 0.29) is 18.6 Å². The summed E-state index contributed by atoms with van der Waals surface area (Å²) in [5.41, 5.74) is 1.08. The van der Waals surface area contributed by atoms with Crippen LogP contribution in [0.15, 0.2) is 30.3 Å². The van der Waals surface area contributed by atoms with Gasteiger partial charge in [-0.15, -0.1) is 0 Å². The van der Waals surface area contributed by atoms with Gasteiger partial charge >= 0.3 is 6.03 Å². The number of nitrogens with zero attached hydrogens (tertiary/aromatic N) is 1. The van der Waals surface area contributed by atoms with Crippen LogP contribution in [-0.2, 0) is 6.42 Å². The number of amides is 2. The van der Waals surface area contributed by atoms with Gasteiger partial charge in [-0.05, 0) is 31.4 Å². The van der Waals surface area contributed by atoms with Crippen molar-refractivity contribution in [2.24, 2.45) is 0 Å². The number of benzene rings is 1. The minimum absolute atomic E-state index is 0.172. The minimum Gasteiger partial charge on any atom is -0.391 e. The Morgan fingerprint density at radius 1 is 1.29 bits per heavy atom. The van der Waals surface area contributed by atoms with Gasteiger partial charge in [0.05, 0.1) is 6.10 Å². The maximum absolute atomic E-state index is 12.0. The monoisotopic (exact) mass is 333 g/mol. The summed E-state index contributed by atoms with van der Waals surface area (Å²) in [6, 6.07) is 9.90. The van der Waals surface area contributed by atoms with Crippen molar-refractivity contribution >= 4 is 6.03 Å². The molecule has 0 aliphatic carbocycles. The van der Waals surface area contributed by atoms with Gasteiger partial charge in [0.25, 0.3) is 0 Å². The number of unbranched alkanes of at least 4 members (excludes halogenated alkanes) is 1. The molecule has 1 aromatic rings. The highest BCUT2D eigenvalue weighted by Crippen LogP contribution is 2.11. The second-order valence-electron chi connectivity index (χ2n) is 6.67. The van der Waals surface area contributed by atoms with Gasteiger partial charge in [0.2, 0.25) is 0 Å². The number of hydrogen-bond donors (Lipinski definition) is 3. The van der Waals surface area contributed by atoms with Crippen LogP contribution in [0.5, 0.6) is 0 Å². The fourth-order valence-electron chi connectivity index (χ4n) is 3.09. The summed E-state index contributed by atoms with van der Waals surface area (Å²) in [6.07, 6.45) is 4.47. The van der Waals surface area contributed by atoms with Crippen molar-refractivity contribution in [2.45, 2.75) is 51.2 Å². The van der Waals surface area contributed by atoms with Gasteiger partial charge in [-0.3, -0.25) is 0 Å². The number of rotatable bonds is 8. The molecule has 5 heteroatoms. The van der Waals surface area contributed by atoms with Crippen molar-refractivity contribution in [1.29, 1.82) is 0 Å². The fraction of sp³-hybridized carbons (Fsp3) is 0.632. The van der Waals surface area contributed by atoms with E-state index >= 15 is 0 Å². The highest BCUT2D eigenvalue weighted by molar-refractivity contribution is 5.74. The summed E-state index contributed by atoms with van der Waals surface area (Å²) in [4.78, 5) is 14.5. The molecule has 134 valence electrons. The predicted molar refractivity (Wildman–Crippen MR) is 97.1 cm³/mol. The average molecular weight is 333 g/mol. The molecule has 0 bridgehead atoms. The van der Waals surface area contributed by atoms with E-state index in [1.807, 2.05) is 30.3 Å². The van der Waals surface area contributed by atoms with Gasteiger partial charge in [-0.2, -0.15) is 0 Å². The lowest BCUT2D eigenvalue weighted by atomic mass is 10.0. The maximum atomic E-state index is 12.0. The zero-order chi connectivity index (χ0) is 17.2. The van der Waals surface area contributed by atoms with Crippen LogP contribution < -0.4 is 10.6 Å². The Hall–Kier alpha value is -1.59. The van der Waals surface area contributed by atoms with E-state index in [9.17, 15) is 9.90 Å². The molecule has 2 rings (SSSR count). The zero-order valence-electron chi connectivity index (χ0n) is 14.7. The van der Waals surface area contributed by atoms with Crippen LogP contribution >= 0.6 is 0 Å². The van der Waals surface area contributed by atoms with Crippen LogP contribution in [0.25, 0.3) is 0 Å². The van der Waals surface area contributed by atoms with Crippen LogP contribution in [0.4, 0.5) is 4.79 Å². The number of hydrogen-bond acceptors (Lipinski definition) is 3. The van der Waals surface area contributed by atoms with Crippen LogP contribution in [0, 0.1) is 0 Å². The molecule has 1 unspecified atom stereocenters. The summed E-state index contributed by atoms with van der Waals surface area (Å²) in [5, 5.41) is 15.8. The Morgan fingerprint density at radius 2 is 2.00 bits per heavy atom. The number of carbonyl (C=O) groups is 1. The second kappa shape index (κ2) is 10.3. The number of likely N-dealkylation sites (tertiary alicyclic amines) is 1. The molecule has 5 nitrogen and oxygen atoms in total. The number of nitrogens with one attached hydrogen (secondary N) is 2.